The lowest BCUT2D eigenvalue weighted by atomic mass is 10.1. The van der Waals surface area contributed by atoms with Crippen LogP contribution in [0.2, 0.25) is 0 Å². The van der Waals surface area contributed by atoms with Gasteiger partial charge in [-0.15, -0.1) is 0 Å². The fourth-order valence-corrected chi connectivity index (χ4v) is 1.88. The topological polar surface area (TPSA) is 17.0 Å². The summed E-state index contributed by atoms with van der Waals surface area (Å²) in [5, 5.41) is 4.88. The molecule has 0 amide bonds. The van der Waals surface area contributed by atoms with Gasteiger partial charge in [-0.25, -0.2) is 0 Å². The van der Waals surface area contributed by atoms with Gasteiger partial charge < -0.3 is 9.88 Å². The summed E-state index contributed by atoms with van der Waals surface area (Å²) >= 11 is 0. The van der Waals surface area contributed by atoms with Crippen LogP contribution >= 0.6 is 0 Å². The van der Waals surface area contributed by atoms with E-state index in [1.165, 1.54) is 16.5 Å². The van der Waals surface area contributed by atoms with Gasteiger partial charge in [-0.3, -0.25) is 0 Å². The van der Waals surface area contributed by atoms with Crippen molar-refractivity contribution >= 4 is 10.9 Å². The fourth-order valence-electron chi connectivity index (χ4n) is 1.88. The van der Waals surface area contributed by atoms with E-state index in [-0.39, 0.29) is 5.54 Å². The van der Waals surface area contributed by atoms with E-state index in [1.807, 2.05) is 0 Å². The Labute approximate surface area is 97.3 Å². The molecule has 2 nitrogen and oxygen atoms in total. The Balaban J connectivity index is 2.31. The van der Waals surface area contributed by atoms with Crippen LogP contribution < -0.4 is 5.32 Å². The van der Waals surface area contributed by atoms with Crippen molar-refractivity contribution in [3.8, 4) is 0 Å². The molecule has 16 heavy (non-hydrogen) atoms. The Bertz CT molecular complexity index is 489. The minimum absolute atomic E-state index is 0.164. The second-order valence-corrected chi connectivity index (χ2v) is 5.38. The van der Waals surface area contributed by atoms with Gasteiger partial charge >= 0.3 is 0 Å². The molecule has 0 spiro atoms. The maximum atomic E-state index is 3.53. The molecule has 0 unspecified atom stereocenters. The lowest BCUT2D eigenvalue weighted by Gasteiger charge is -2.20. The molecule has 1 aromatic heterocycles. The van der Waals surface area contributed by atoms with Gasteiger partial charge in [0.25, 0.3) is 0 Å². The molecular weight excluding hydrogens is 196 g/mol. The van der Waals surface area contributed by atoms with Crippen molar-refractivity contribution in [2.75, 3.05) is 0 Å². The van der Waals surface area contributed by atoms with Gasteiger partial charge in [0, 0.05) is 36.2 Å². The first-order valence-corrected chi connectivity index (χ1v) is 5.75. The molecule has 86 valence electrons. The SMILES string of the molecule is Cn1ccc2c(CNC(C)(C)C)cccc21. The summed E-state index contributed by atoms with van der Waals surface area (Å²) in [6.07, 6.45) is 2.12. The predicted molar refractivity (Wildman–Crippen MR) is 69.5 cm³/mol. The van der Waals surface area contributed by atoms with E-state index in [0.717, 1.165) is 6.54 Å². The molecular formula is C14H20N2. The Morgan fingerprint density at radius 2 is 1.94 bits per heavy atom. The monoisotopic (exact) mass is 216 g/mol. The van der Waals surface area contributed by atoms with Gasteiger partial charge in [0.15, 0.2) is 0 Å². The Hall–Kier alpha value is -1.28. The van der Waals surface area contributed by atoms with Crippen LogP contribution in [0.4, 0.5) is 0 Å². The summed E-state index contributed by atoms with van der Waals surface area (Å²) in [7, 11) is 2.09. The number of aryl methyl sites for hydroxylation is 1. The third-order valence-electron chi connectivity index (χ3n) is 2.83. The lowest BCUT2D eigenvalue weighted by molar-refractivity contribution is 0.425. The molecule has 1 N–H and O–H groups in total. The van der Waals surface area contributed by atoms with Crippen LogP contribution in [0.3, 0.4) is 0 Å². The van der Waals surface area contributed by atoms with Crippen molar-refractivity contribution in [1.82, 2.24) is 9.88 Å². The van der Waals surface area contributed by atoms with Crippen LogP contribution in [0.5, 0.6) is 0 Å². The zero-order chi connectivity index (χ0) is 11.8. The van der Waals surface area contributed by atoms with E-state index in [4.69, 9.17) is 0 Å². The Morgan fingerprint density at radius 1 is 1.19 bits per heavy atom. The normalized spacial score (nSPS) is 12.2. The van der Waals surface area contributed by atoms with Crippen molar-refractivity contribution in [3.63, 3.8) is 0 Å². The van der Waals surface area contributed by atoms with Gasteiger partial charge in [0.2, 0.25) is 0 Å². The number of aromatic nitrogens is 1. The molecule has 2 rings (SSSR count). The second kappa shape index (κ2) is 3.95. The molecule has 0 bridgehead atoms. The van der Waals surface area contributed by atoms with Gasteiger partial charge in [0.1, 0.15) is 0 Å². The highest BCUT2D eigenvalue weighted by molar-refractivity contribution is 5.83. The van der Waals surface area contributed by atoms with Crippen LogP contribution in [-0.4, -0.2) is 10.1 Å². The van der Waals surface area contributed by atoms with E-state index in [2.05, 4.69) is 68.2 Å². The number of nitrogens with one attached hydrogen (secondary N) is 1. The molecule has 0 atom stereocenters. The van der Waals surface area contributed by atoms with Crippen LogP contribution in [0.25, 0.3) is 10.9 Å². The molecule has 2 heteroatoms. The lowest BCUT2D eigenvalue weighted by Crippen LogP contribution is -2.35. The third-order valence-corrected chi connectivity index (χ3v) is 2.83. The zero-order valence-electron chi connectivity index (χ0n) is 10.5. The standard InChI is InChI=1S/C14H20N2/c1-14(2,3)15-10-11-6-5-7-13-12(11)8-9-16(13)4/h5-9,15H,10H2,1-4H3. The van der Waals surface area contributed by atoms with Gasteiger partial charge in [-0.2, -0.15) is 0 Å². The van der Waals surface area contributed by atoms with Crippen molar-refractivity contribution < 1.29 is 0 Å². The van der Waals surface area contributed by atoms with Crippen molar-refractivity contribution in [3.05, 3.63) is 36.0 Å². The first-order valence-electron chi connectivity index (χ1n) is 5.75. The summed E-state index contributed by atoms with van der Waals surface area (Å²) < 4.78 is 2.16. The highest BCUT2D eigenvalue weighted by Gasteiger charge is 2.10. The summed E-state index contributed by atoms with van der Waals surface area (Å²) in [5.74, 6) is 0. The summed E-state index contributed by atoms with van der Waals surface area (Å²) in [6.45, 7) is 7.50. The van der Waals surface area contributed by atoms with Crippen molar-refractivity contribution in [2.24, 2.45) is 7.05 Å². The maximum absolute atomic E-state index is 3.53. The molecule has 1 heterocycles. The quantitative estimate of drug-likeness (QED) is 0.816. The largest absolute Gasteiger partial charge is 0.351 e. The fraction of sp³-hybridized carbons (Fsp3) is 0.429. The van der Waals surface area contributed by atoms with Gasteiger partial charge in [-0.1, -0.05) is 12.1 Å². The highest BCUT2D eigenvalue weighted by Crippen LogP contribution is 2.19. The average molecular weight is 216 g/mol. The van der Waals surface area contributed by atoms with E-state index in [1.54, 1.807) is 0 Å². The number of rotatable bonds is 2. The Kier molecular flexibility index (Phi) is 2.76. The number of fused-ring (bicyclic) bond motifs is 1. The highest BCUT2D eigenvalue weighted by atomic mass is 14.9. The maximum Gasteiger partial charge on any atom is 0.0480 e. The summed E-state index contributed by atoms with van der Waals surface area (Å²) in [5.41, 5.74) is 2.83. The second-order valence-electron chi connectivity index (χ2n) is 5.38. The average Bonchev–Trinajstić information content (AvgIpc) is 2.57. The summed E-state index contributed by atoms with van der Waals surface area (Å²) in [6, 6.07) is 8.67. The smallest absolute Gasteiger partial charge is 0.0480 e. The predicted octanol–water partition coefficient (Wildman–Crippen LogP) is 3.07. The van der Waals surface area contributed by atoms with Gasteiger partial charge in [0.05, 0.1) is 0 Å². The molecule has 0 aliphatic rings. The Morgan fingerprint density at radius 3 is 2.62 bits per heavy atom. The van der Waals surface area contributed by atoms with Gasteiger partial charge in [-0.05, 0) is 38.5 Å². The molecule has 2 aromatic rings. The van der Waals surface area contributed by atoms with Crippen molar-refractivity contribution in [1.29, 1.82) is 0 Å². The van der Waals surface area contributed by atoms with Crippen LogP contribution in [0.1, 0.15) is 26.3 Å². The van der Waals surface area contributed by atoms with E-state index >= 15 is 0 Å². The van der Waals surface area contributed by atoms with Crippen molar-refractivity contribution in [2.45, 2.75) is 32.9 Å². The minimum Gasteiger partial charge on any atom is -0.351 e. The van der Waals surface area contributed by atoms with Crippen LogP contribution in [0, 0.1) is 0 Å². The number of hydrogen-bond donors (Lipinski definition) is 1. The summed E-state index contributed by atoms with van der Waals surface area (Å²) in [4.78, 5) is 0. The molecule has 0 saturated carbocycles. The molecule has 0 aliphatic heterocycles. The molecule has 0 radical (unpaired) electrons. The molecule has 0 aliphatic carbocycles. The van der Waals surface area contributed by atoms with E-state index in [9.17, 15) is 0 Å². The van der Waals surface area contributed by atoms with Crippen LogP contribution in [-0.2, 0) is 13.6 Å². The number of hydrogen-bond acceptors (Lipinski definition) is 1. The van der Waals surface area contributed by atoms with E-state index in [0.29, 0.717) is 0 Å². The molecule has 1 aromatic carbocycles. The zero-order valence-corrected chi connectivity index (χ0v) is 10.5. The molecule has 0 saturated heterocycles. The first-order chi connectivity index (χ1) is 7.47. The van der Waals surface area contributed by atoms with E-state index < -0.39 is 0 Å². The third kappa shape index (κ3) is 2.27. The number of nitrogens with zero attached hydrogens (tertiary/aromatic N) is 1. The van der Waals surface area contributed by atoms with Crippen LogP contribution in [0.15, 0.2) is 30.5 Å². The minimum atomic E-state index is 0.164. The molecule has 0 fully saturated rings. The number of benzene rings is 1. The first kappa shape index (κ1) is 11.2.